The predicted octanol–water partition coefficient (Wildman–Crippen LogP) is 3.56. The monoisotopic (exact) mass is 530 g/mol. The Morgan fingerprint density at radius 3 is 1.89 bits per heavy atom. The quantitative estimate of drug-likeness (QED) is 0.378. The summed E-state index contributed by atoms with van der Waals surface area (Å²) in [7, 11) is 3.95. The lowest BCUT2D eigenvalue weighted by Gasteiger charge is -2.20. The summed E-state index contributed by atoms with van der Waals surface area (Å²) >= 11 is 0. The van der Waals surface area contributed by atoms with E-state index in [-0.39, 0.29) is 24.0 Å². The summed E-state index contributed by atoms with van der Waals surface area (Å²) in [5.41, 5.74) is 1.19. The maximum absolute atomic E-state index is 12.7. The maximum Gasteiger partial charge on any atom is 0.261 e. The van der Waals surface area contributed by atoms with Crippen LogP contribution in [0.2, 0.25) is 0 Å². The van der Waals surface area contributed by atoms with E-state index in [9.17, 15) is 13.2 Å². The molecule has 3 aromatic rings. The van der Waals surface area contributed by atoms with Crippen LogP contribution in [0.3, 0.4) is 0 Å². The van der Waals surface area contributed by atoms with Crippen LogP contribution in [-0.4, -0.2) is 61.3 Å². The van der Waals surface area contributed by atoms with Crippen molar-refractivity contribution in [3.63, 3.8) is 0 Å². The average Bonchev–Trinajstić information content (AvgIpc) is 2.91. The van der Waals surface area contributed by atoms with Crippen LogP contribution in [0.1, 0.15) is 5.56 Å². The lowest BCUT2D eigenvalue weighted by Crippen LogP contribution is -2.31. The van der Waals surface area contributed by atoms with Crippen molar-refractivity contribution in [2.24, 2.45) is 0 Å². The number of methoxy groups -OCH3 is 4. The molecule has 1 amide bonds. The van der Waals surface area contributed by atoms with E-state index in [1.165, 1.54) is 57.6 Å². The van der Waals surface area contributed by atoms with Crippen molar-refractivity contribution < 1.29 is 36.9 Å². The largest absolute Gasteiger partial charge is 0.497 e. The van der Waals surface area contributed by atoms with Crippen molar-refractivity contribution in [2.45, 2.75) is 11.4 Å². The summed E-state index contributed by atoms with van der Waals surface area (Å²) in [5.74, 6) is 2.16. The first-order chi connectivity index (χ1) is 17.7. The van der Waals surface area contributed by atoms with Gasteiger partial charge in [0, 0.05) is 19.3 Å². The highest BCUT2D eigenvalue weighted by atomic mass is 32.2. The van der Waals surface area contributed by atoms with Crippen LogP contribution in [0.5, 0.6) is 28.7 Å². The molecule has 0 atom stereocenters. The van der Waals surface area contributed by atoms with Gasteiger partial charge in [-0.05, 0) is 66.2 Å². The van der Waals surface area contributed by atoms with Crippen LogP contribution in [-0.2, 0) is 21.4 Å². The average molecular weight is 531 g/mol. The normalized spacial score (nSPS) is 10.8. The highest BCUT2D eigenvalue weighted by molar-refractivity contribution is 7.92. The Morgan fingerprint density at radius 2 is 1.38 bits per heavy atom. The van der Waals surface area contributed by atoms with E-state index in [2.05, 4.69) is 4.72 Å². The summed E-state index contributed by atoms with van der Waals surface area (Å²) in [6, 6.07) is 15.9. The first kappa shape index (κ1) is 27.5. The number of likely N-dealkylation sites (N-methyl/N-ethyl adjacent to an activating group) is 1. The number of nitrogens with one attached hydrogen (secondary N) is 1. The van der Waals surface area contributed by atoms with Crippen LogP contribution in [0, 0.1) is 0 Å². The fourth-order valence-electron chi connectivity index (χ4n) is 3.43. The fourth-order valence-corrected chi connectivity index (χ4v) is 4.49. The summed E-state index contributed by atoms with van der Waals surface area (Å²) in [5, 5.41) is 0. The Labute approximate surface area is 216 Å². The van der Waals surface area contributed by atoms with Crippen LogP contribution in [0.15, 0.2) is 65.6 Å². The molecule has 198 valence electrons. The molecule has 0 fully saturated rings. The number of nitrogens with zero attached hydrogens (tertiary/aromatic N) is 1. The molecule has 10 nitrogen and oxygen atoms in total. The maximum atomic E-state index is 12.7. The highest BCUT2D eigenvalue weighted by Crippen LogP contribution is 2.38. The Hall–Kier alpha value is -4.12. The molecule has 11 heteroatoms. The SMILES string of the molecule is COc1ccc(NS(=O)(=O)c2ccc(OCC(=O)N(C)Cc3cc(OC)c(OC)c(OC)c3)cc2)cc1. The predicted molar refractivity (Wildman–Crippen MR) is 138 cm³/mol. The van der Waals surface area contributed by atoms with Gasteiger partial charge in [-0.2, -0.15) is 0 Å². The molecule has 0 saturated heterocycles. The number of carbonyl (C=O) groups excluding carboxylic acids is 1. The second-order valence-corrected chi connectivity index (χ2v) is 9.56. The van der Waals surface area contributed by atoms with Crippen molar-refractivity contribution in [2.75, 3.05) is 46.8 Å². The molecule has 0 unspecified atom stereocenters. The minimum absolute atomic E-state index is 0.0570. The smallest absolute Gasteiger partial charge is 0.261 e. The number of hydrogen-bond acceptors (Lipinski definition) is 8. The Kier molecular flexibility index (Phi) is 9.07. The fraction of sp³-hybridized carbons (Fsp3) is 0.269. The van der Waals surface area contributed by atoms with Crippen LogP contribution >= 0.6 is 0 Å². The minimum atomic E-state index is -3.80. The van der Waals surface area contributed by atoms with Gasteiger partial charge in [-0.3, -0.25) is 9.52 Å². The summed E-state index contributed by atoms with van der Waals surface area (Å²) in [6.45, 7) is 0.0598. The molecule has 0 bridgehead atoms. The Morgan fingerprint density at radius 1 is 0.811 bits per heavy atom. The van der Waals surface area contributed by atoms with Crippen molar-refractivity contribution in [1.82, 2.24) is 4.90 Å². The molecule has 1 N–H and O–H groups in total. The molecule has 0 aliphatic rings. The number of carbonyl (C=O) groups is 1. The Balaban J connectivity index is 1.59. The van der Waals surface area contributed by atoms with Gasteiger partial charge in [0.2, 0.25) is 5.75 Å². The molecule has 0 aliphatic heterocycles. The van der Waals surface area contributed by atoms with E-state index in [4.69, 9.17) is 23.7 Å². The van der Waals surface area contributed by atoms with Crippen molar-refractivity contribution in [1.29, 1.82) is 0 Å². The number of amides is 1. The number of ether oxygens (including phenoxy) is 5. The third kappa shape index (κ3) is 6.98. The molecule has 37 heavy (non-hydrogen) atoms. The third-order valence-electron chi connectivity index (χ3n) is 5.41. The van der Waals surface area contributed by atoms with Gasteiger partial charge in [-0.15, -0.1) is 0 Å². The number of anilines is 1. The van der Waals surface area contributed by atoms with Crippen LogP contribution < -0.4 is 28.4 Å². The van der Waals surface area contributed by atoms with Gasteiger partial charge in [0.25, 0.3) is 15.9 Å². The topological polar surface area (TPSA) is 113 Å². The first-order valence-electron chi connectivity index (χ1n) is 11.1. The third-order valence-corrected chi connectivity index (χ3v) is 6.81. The molecule has 0 aliphatic carbocycles. The molecule has 3 rings (SSSR count). The first-order valence-corrected chi connectivity index (χ1v) is 12.6. The lowest BCUT2D eigenvalue weighted by molar-refractivity contribution is -0.132. The molecule has 3 aromatic carbocycles. The summed E-state index contributed by atoms with van der Waals surface area (Å²) < 4.78 is 54.5. The molecular weight excluding hydrogens is 500 g/mol. The van der Waals surface area contributed by atoms with Crippen LogP contribution in [0.4, 0.5) is 5.69 Å². The van der Waals surface area contributed by atoms with E-state index in [0.29, 0.717) is 34.4 Å². The number of benzene rings is 3. The highest BCUT2D eigenvalue weighted by Gasteiger charge is 2.17. The minimum Gasteiger partial charge on any atom is -0.497 e. The van der Waals surface area contributed by atoms with E-state index in [1.807, 2.05) is 0 Å². The van der Waals surface area contributed by atoms with Gasteiger partial charge in [0.05, 0.1) is 33.3 Å². The summed E-state index contributed by atoms with van der Waals surface area (Å²) in [4.78, 5) is 14.2. The van der Waals surface area contributed by atoms with E-state index >= 15 is 0 Å². The Bertz CT molecular complexity index is 1280. The molecule has 0 aromatic heterocycles. The van der Waals surface area contributed by atoms with E-state index < -0.39 is 10.0 Å². The van der Waals surface area contributed by atoms with E-state index in [0.717, 1.165) is 5.56 Å². The second kappa shape index (κ2) is 12.2. The number of rotatable bonds is 12. The van der Waals surface area contributed by atoms with E-state index in [1.54, 1.807) is 43.4 Å². The zero-order valence-corrected chi connectivity index (χ0v) is 22.1. The van der Waals surface area contributed by atoms with Gasteiger partial charge in [0.1, 0.15) is 11.5 Å². The van der Waals surface area contributed by atoms with Crippen LogP contribution in [0.25, 0.3) is 0 Å². The number of sulfonamides is 1. The standard InChI is InChI=1S/C26H30N2O8S/c1-28(16-18-14-23(33-3)26(35-5)24(15-18)34-4)25(29)17-36-21-10-12-22(13-11-21)37(30,31)27-19-6-8-20(32-2)9-7-19/h6-15,27H,16-17H2,1-5H3. The van der Waals surface area contributed by atoms with Gasteiger partial charge in [-0.1, -0.05) is 0 Å². The zero-order chi connectivity index (χ0) is 27.0. The zero-order valence-electron chi connectivity index (χ0n) is 21.3. The summed E-state index contributed by atoms with van der Waals surface area (Å²) in [6.07, 6.45) is 0. The lowest BCUT2D eigenvalue weighted by atomic mass is 10.1. The van der Waals surface area contributed by atoms with Gasteiger partial charge < -0.3 is 28.6 Å². The van der Waals surface area contributed by atoms with Gasteiger partial charge in [-0.25, -0.2) is 8.42 Å². The van der Waals surface area contributed by atoms with Gasteiger partial charge in [0.15, 0.2) is 18.1 Å². The molecule has 0 saturated carbocycles. The molecule has 0 spiro atoms. The van der Waals surface area contributed by atoms with Crippen molar-refractivity contribution in [3.8, 4) is 28.7 Å². The van der Waals surface area contributed by atoms with Crippen molar-refractivity contribution in [3.05, 3.63) is 66.2 Å². The second-order valence-electron chi connectivity index (χ2n) is 7.88. The number of hydrogen-bond donors (Lipinski definition) is 1. The molecular formula is C26H30N2O8S. The molecule has 0 radical (unpaired) electrons. The van der Waals surface area contributed by atoms with Gasteiger partial charge >= 0.3 is 0 Å². The molecule has 0 heterocycles. The van der Waals surface area contributed by atoms with Crippen molar-refractivity contribution >= 4 is 21.6 Å².